The van der Waals surface area contributed by atoms with Gasteiger partial charge in [-0.1, -0.05) is 0 Å². The molecule has 23 heavy (non-hydrogen) atoms. The Morgan fingerprint density at radius 3 is 2.61 bits per heavy atom. The molecule has 6 nitrogen and oxygen atoms in total. The van der Waals surface area contributed by atoms with Gasteiger partial charge in [-0.15, -0.1) is 13.2 Å². The number of rotatable bonds is 2. The molecule has 2 aliphatic heterocycles. The zero-order valence-corrected chi connectivity index (χ0v) is 13.1. The van der Waals surface area contributed by atoms with E-state index in [-0.39, 0.29) is 31.2 Å². The zero-order chi connectivity index (χ0) is 16.9. The number of aromatic nitrogens is 2. The molecule has 2 atom stereocenters. The normalized spacial score (nSPS) is 25.2. The number of amides is 1. The molecule has 1 saturated heterocycles. The quantitative estimate of drug-likeness (QED) is 0.828. The fourth-order valence-electron chi connectivity index (χ4n) is 3.15. The van der Waals surface area contributed by atoms with E-state index >= 15 is 0 Å². The van der Waals surface area contributed by atoms with Crippen molar-refractivity contribution in [3.63, 3.8) is 0 Å². The van der Waals surface area contributed by atoms with E-state index in [9.17, 15) is 18.0 Å². The zero-order valence-electron chi connectivity index (χ0n) is 13.1. The van der Waals surface area contributed by atoms with Crippen LogP contribution in [0.2, 0.25) is 0 Å². The number of likely N-dealkylation sites (tertiary alicyclic amines) is 1. The summed E-state index contributed by atoms with van der Waals surface area (Å²) in [7, 11) is 1.66. The molecule has 0 bridgehead atoms. The van der Waals surface area contributed by atoms with Crippen LogP contribution in [0.4, 0.5) is 13.2 Å². The van der Waals surface area contributed by atoms with E-state index in [0.717, 1.165) is 11.3 Å². The molecule has 3 rings (SSSR count). The van der Waals surface area contributed by atoms with Crippen molar-refractivity contribution in [1.82, 2.24) is 14.7 Å². The second-order valence-electron chi connectivity index (χ2n) is 6.02. The smallest absolute Gasteiger partial charge is 0.369 e. The van der Waals surface area contributed by atoms with Crippen LogP contribution in [0.15, 0.2) is 0 Å². The number of aryl methyl sites for hydroxylation is 1. The van der Waals surface area contributed by atoms with Crippen LogP contribution in [-0.2, 0) is 22.9 Å². The summed E-state index contributed by atoms with van der Waals surface area (Å²) in [6.45, 7) is 3.64. The van der Waals surface area contributed by atoms with Crippen molar-refractivity contribution in [2.45, 2.75) is 44.9 Å². The number of fused-ring (bicyclic) bond motifs is 1. The predicted octanol–water partition coefficient (Wildman–Crippen LogP) is 1.80. The molecule has 0 N–H and O–H groups in total. The molecule has 1 aromatic heterocycles. The van der Waals surface area contributed by atoms with Crippen molar-refractivity contribution >= 4 is 5.91 Å². The van der Waals surface area contributed by atoms with Crippen LogP contribution in [0.3, 0.4) is 0 Å². The van der Waals surface area contributed by atoms with Gasteiger partial charge in [0, 0.05) is 32.1 Å². The van der Waals surface area contributed by atoms with E-state index in [1.54, 1.807) is 7.05 Å². The minimum atomic E-state index is -4.67. The second kappa shape index (κ2) is 5.48. The van der Waals surface area contributed by atoms with Crippen molar-refractivity contribution in [3.05, 3.63) is 17.0 Å². The Labute approximate surface area is 131 Å². The Bertz CT molecular complexity index is 623. The highest BCUT2D eigenvalue weighted by Crippen LogP contribution is 2.32. The Morgan fingerprint density at radius 1 is 1.35 bits per heavy atom. The molecule has 128 valence electrons. The first-order chi connectivity index (χ1) is 10.7. The lowest BCUT2D eigenvalue weighted by Crippen LogP contribution is -2.56. The fourth-order valence-corrected chi connectivity index (χ4v) is 3.15. The molecule has 1 amide bonds. The average molecular weight is 333 g/mol. The Hall–Kier alpha value is -1.61. The number of hydrogen-bond acceptors (Lipinski definition) is 4. The van der Waals surface area contributed by atoms with Gasteiger partial charge in [-0.05, 0) is 13.8 Å². The molecule has 0 unspecified atom stereocenters. The van der Waals surface area contributed by atoms with Crippen LogP contribution in [0.1, 0.15) is 41.7 Å². The Kier molecular flexibility index (Phi) is 3.88. The first kappa shape index (κ1) is 16.3. The van der Waals surface area contributed by atoms with Gasteiger partial charge in [0.2, 0.25) is 0 Å². The third kappa shape index (κ3) is 3.07. The molecular weight excluding hydrogens is 315 g/mol. The molecule has 0 spiro atoms. The van der Waals surface area contributed by atoms with E-state index in [1.165, 1.54) is 9.58 Å². The summed E-state index contributed by atoms with van der Waals surface area (Å²) in [6, 6.07) is 0. The highest BCUT2D eigenvalue weighted by atomic mass is 19.4. The number of halogens is 3. The summed E-state index contributed by atoms with van der Waals surface area (Å²) >= 11 is 0. The minimum Gasteiger partial charge on any atom is -0.369 e. The van der Waals surface area contributed by atoms with Gasteiger partial charge in [0.1, 0.15) is 11.8 Å². The van der Waals surface area contributed by atoms with Gasteiger partial charge >= 0.3 is 6.36 Å². The molecular formula is C14H18F3N3O3. The topological polar surface area (TPSA) is 56.6 Å². The third-order valence-electron chi connectivity index (χ3n) is 4.13. The molecule has 1 aromatic rings. The van der Waals surface area contributed by atoms with Crippen LogP contribution in [0.25, 0.3) is 0 Å². The Morgan fingerprint density at radius 2 is 2.00 bits per heavy atom. The van der Waals surface area contributed by atoms with Crippen molar-refractivity contribution < 1.29 is 27.4 Å². The lowest BCUT2D eigenvalue weighted by molar-refractivity contribution is -0.352. The van der Waals surface area contributed by atoms with Crippen LogP contribution < -0.4 is 0 Å². The molecule has 9 heteroatoms. The van der Waals surface area contributed by atoms with Gasteiger partial charge in [-0.25, -0.2) is 0 Å². The molecule has 0 aliphatic carbocycles. The van der Waals surface area contributed by atoms with E-state index in [2.05, 4.69) is 9.84 Å². The van der Waals surface area contributed by atoms with Gasteiger partial charge in [0.15, 0.2) is 0 Å². The highest BCUT2D eigenvalue weighted by molar-refractivity contribution is 5.95. The predicted molar refractivity (Wildman–Crippen MR) is 72.7 cm³/mol. The van der Waals surface area contributed by atoms with Gasteiger partial charge in [-0.3, -0.25) is 14.2 Å². The first-order valence-corrected chi connectivity index (χ1v) is 7.40. The maximum atomic E-state index is 12.6. The Balaban J connectivity index is 1.75. The van der Waals surface area contributed by atoms with Crippen molar-refractivity contribution in [3.8, 4) is 0 Å². The van der Waals surface area contributed by atoms with Crippen LogP contribution in [-0.4, -0.2) is 52.2 Å². The highest BCUT2D eigenvalue weighted by Gasteiger charge is 2.42. The first-order valence-electron chi connectivity index (χ1n) is 7.40. The van der Waals surface area contributed by atoms with Crippen LogP contribution >= 0.6 is 0 Å². The maximum absolute atomic E-state index is 12.6. The summed E-state index contributed by atoms with van der Waals surface area (Å²) in [5.41, 5.74) is 1.97. The molecule has 0 saturated carbocycles. The summed E-state index contributed by atoms with van der Waals surface area (Å²) in [4.78, 5) is 13.9. The molecule has 0 aromatic carbocycles. The standard InChI is InChI=1S/C14H18F3N3O3/c1-7-4-10-11(8(2)22-7)18-19(3)12(10)13(21)20-5-9(6-20)23-14(15,16)17/h7-9H,4-6H2,1-3H3/t7-,8+/m1/s1. The average Bonchev–Trinajstić information content (AvgIpc) is 2.68. The van der Waals surface area contributed by atoms with E-state index in [1.807, 2.05) is 13.8 Å². The largest absolute Gasteiger partial charge is 0.522 e. The number of carbonyl (C=O) groups excluding carboxylic acids is 1. The summed E-state index contributed by atoms with van der Waals surface area (Å²) in [6.07, 6.45) is -5.35. The van der Waals surface area contributed by atoms with E-state index in [0.29, 0.717) is 12.1 Å². The SMILES string of the molecule is C[C@@H]1Cc2c(nn(C)c2C(=O)N2CC(OC(F)(F)F)C2)[C@H](C)O1. The molecule has 2 aliphatic rings. The summed E-state index contributed by atoms with van der Waals surface area (Å²) in [5.74, 6) is -0.315. The fraction of sp³-hybridized carbons (Fsp3) is 0.714. The number of ether oxygens (including phenoxy) is 2. The van der Waals surface area contributed by atoms with Crippen molar-refractivity contribution in [1.29, 1.82) is 0 Å². The van der Waals surface area contributed by atoms with Gasteiger partial charge < -0.3 is 9.64 Å². The van der Waals surface area contributed by atoms with Gasteiger partial charge in [0.05, 0.1) is 17.9 Å². The van der Waals surface area contributed by atoms with Gasteiger partial charge in [-0.2, -0.15) is 5.10 Å². The number of hydrogen-bond donors (Lipinski definition) is 0. The van der Waals surface area contributed by atoms with E-state index in [4.69, 9.17) is 4.74 Å². The third-order valence-corrected chi connectivity index (χ3v) is 4.13. The summed E-state index contributed by atoms with van der Waals surface area (Å²) in [5, 5.41) is 4.34. The maximum Gasteiger partial charge on any atom is 0.522 e. The lowest BCUT2D eigenvalue weighted by atomic mass is 9.98. The van der Waals surface area contributed by atoms with Crippen LogP contribution in [0.5, 0.6) is 0 Å². The second-order valence-corrected chi connectivity index (χ2v) is 6.02. The molecule has 1 fully saturated rings. The monoisotopic (exact) mass is 333 g/mol. The van der Waals surface area contributed by atoms with Crippen molar-refractivity contribution in [2.24, 2.45) is 7.05 Å². The molecule has 3 heterocycles. The number of nitrogens with zero attached hydrogens (tertiary/aromatic N) is 3. The van der Waals surface area contributed by atoms with Gasteiger partial charge in [0.25, 0.3) is 5.91 Å². The number of alkyl halides is 3. The lowest BCUT2D eigenvalue weighted by Gasteiger charge is -2.39. The summed E-state index contributed by atoms with van der Waals surface area (Å²) < 4.78 is 47.5. The molecule has 0 radical (unpaired) electrons. The minimum absolute atomic E-state index is 0.0362. The van der Waals surface area contributed by atoms with Crippen molar-refractivity contribution in [2.75, 3.05) is 13.1 Å². The number of carbonyl (C=O) groups is 1. The van der Waals surface area contributed by atoms with E-state index < -0.39 is 12.5 Å². The van der Waals surface area contributed by atoms with Crippen LogP contribution in [0, 0.1) is 0 Å².